The molecular formula is C37H30N4O4S2. The lowest BCUT2D eigenvalue weighted by molar-refractivity contribution is -0.165. The minimum atomic E-state index is -0.975. The van der Waals surface area contributed by atoms with Crippen LogP contribution in [0.1, 0.15) is 28.5 Å². The van der Waals surface area contributed by atoms with E-state index in [1.807, 2.05) is 114 Å². The lowest BCUT2D eigenvalue weighted by atomic mass is 9.95. The van der Waals surface area contributed by atoms with Crippen LogP contribution in [0.2, 0.25) is 0 Å². The Hall–Kier alpha value is -5.06. The van der Waals surface area contributed by atoms with Gasteiger partial charge < -0.3 is 15.0 Å². The number of ether oxygens (including phenoxy) is 1. The third-order valence-corrected chi connectivity index (χ3v) is 10.3. The van der Waals surface area contributed by atoms with E-state index in [1.165, 1.54) is 23.1 Å². The van der Waals surface area contributed by atoms with E-state index >= 15 is 0 Å². The standard InChI is InChI=1S/C37H30N4O4S2/c42-30(20-24-10-4-1-5-11-24)40-31-35(43)41-32(37(44)45-33(25-12-6-2-7-13-25)26-14-8-3-9-15-26)28(22-47-36(31)41)21-29-23-46-34(39-29)27-16-18-38-19-17-27/h1-19,22-23,31-33,36H,20-21H2,(H,40,42)/t31?,32?,36-/m1/s1. The van der Waals surface area contributed by atoms with Crippen LogP contribution < -0.4 is 5.32 Å². The van der Waals surface area contributed by atoms with Gasteiger partial charge in [0.1, 0.15) is 16.4 Å². The second kappa shape index (κ2) is 13.7. The van der Waals surface area contributed by atoms with Gasteiger partial charge in [-0.2, -0.15) is 0 Å². The number of β-lactam (4-membered cyclic amide) rings is 1. The van der Waals surface area contributed by atoms with Crippen molar-refractivity contribution in [3.05, 3.63) is 154 Å². The Balaban J connectivity index is 1.16. The number of thiazole rings is 1. The van der Waals surface area contributed by atoms with Gasteiger partial charge in [-0.15, -0.1) is 23.1 Å². The van der Waals surface area contributed by atoms with Gasteiger partial charge in [0.25, 0.3) is 0 Å². The fourth-order valence-electron chi connectivity index (χ4n) is 5.84. The Kier molecular flexibility index (Phi) is 8.94. The first-order chi connectivity index (χ1) is 23.0. The van der Waals surface area contributed by atoms with Crippen LogP contribution in [0, 0.1) is 0 Å². The molecule has 2 amide bonds. The van der Waals surface area contributed by atoms with Crippen LogP contribution in [-0.2, 0) is 32.0 Å². The predicted octanol–water partition coefficient (Wildman–Crippen LogP) is 5.98. The van der Waals surface area contributed by atoms with E-state index < -0.39 is 29.5 Å². The lowest BCUT2D eigenvalue weighted by Crippen LogP contribution is -2.74. The average molecular weight is 659 g/mol. The molecule has 0 bridgehead atoms. The number of rotatable bonds is 10. The zero-order valence-corrected chi connectivity index (χ0v) is 26.8. The van der Waals surface area contributed by atoms with Gasteiger partial charge in [-0.05, 0) is 39.8 Å². The first-order valence-corrected chi connectivity index (χ1v) is 17.0. The summed E-state index contributed by atoms with van der Waals surface area (Å²) >= 11 is 2.94. The Morgan fingerprint density at radius 2 is 1.51 bits per heavy atom. The molecule has 1 N–H and O–H groups in total. The zero-order chi connectivity index (χ0) is 32.2. The fourth-order valence-corrected chi connectivity index (χ4v) is 7.89. The van der Waals surface area contributed by atoms with Gasteiger partial charge in [0.2, 0.25) is 11.8 Å². The quantitative estimate of drug-likeness (QED) is 0.146. The van der Waals surface area contributed by atoms with Crippen LogP contribution >= 0.6 is 23.1 Å². The monoisotopic (exact) mass is 658 g/mol. The molecule has 0 aliphatic carbocycles. The van der Waals surface area contributed by atoms with Crippen molar-refractivity contribution in [2.45, 2.75) is 36.4 Å². The fraction of sp³-hybridized carbons (Fsp3) is 0.162. The number of nitrogens with one attached hydrogen (secondary N) is 1. The molecule has 47 heavy (non-hydrogen) atoms. The first-order valence-electron chi connectivity index (χ1n) is 15.2. The summed E-state index contributed by atoms with van der Waals surface area (Å²) in [5.74, 6) is -1.10. The van der Waals surface area contributed by atoms with Crippen molar-refractivity contribution >= 4 is 40.9 Å². The summed E-state index contributed by atoms with van der Waals surface area (Å²) in [5.41, 5.74) is 4.96. The average Bonchev–Trinajstić information content (AvgIpc) is 3.59. The summed E-state index contributed by atoms with van der Waals surface area (Å²) in [5, 5.41) is 7.20. The van der Waals surface area contributed by atoms with E-state index in [0.717, 1.165) is 33.0 Å². The molecular weight excluding hydrogens is 629 g/mol. The highest BCUT2D eigenvalue weighted by Gasteiger charge is 2.56. The van der Waals surface area contributed by atoms with E-state index in [9.17, 15) is 14.4 Å². The number of thioether (sulfide) groups is 1. The minimum Gasteiger partial charge on any atom is -0.451 e. The van der Waals surface area contributed by atoms with Crippen LogP contribution in [0.4, 0.5) is 0 Å². The summed E-state index contributed by atoms with van der Waals surface area (Å²) in [6, 6.07) is 30.6. The molecule has 0 spiro atoms. The first kappa shape index (κ1) is 30.6. The van der Waals surface area contributed by atoms with Crippen molar-refractivity contribution in [1.82, 2.24) is 20.2 Å². The van der Waals surface area contributed by atoms with Gasteiger partial charge in [0.05, 0.1) is 12.1 Å². The molecule has 8 nitrogen and oxygen atoms in total. The molecule has 2 unspecified atom stereocenters. The molecule has 1 saturated heterocycles. The largest absolute Gasteiger partial charge is 0.451 e. The topological polar surface area (TPSA) is 101 Å². The van der Waals surface area contributed by atoms with Gasteiger partial charge in [-0.25, -0.2) is 9.78 Å². The number of benzene rings is 3. The summed E-state index contributed by atoms with van der Waals surface area (Å²) in [6.07, 6.45) is 3.30. The van der Waals surface area contributed by atoms with E-state index in [2.05, 4.69) is 10.3 Å². The van der Waals surface area contributed by atoms with Crippen LogP contribution in [0.3, 0.4) is 0 Å². The van der Waals surface area contributed by atoms with Gasteiger partial charge in [0.15, 0.2) is 12.1 Å². The molecule has 7 rings (SSSR count). The molecule has 2 aromatic heterocycles. The zero-order valence-electron chi connectivity index (χ0n) is 25.1. The van der Waals surface area contributed by atoms with E-state index in [4.69, 9.17) is 9.72 Å². The van der Waals surface area contributed by atoms with Gasteiger partial charge in [0, 0.05) is 29.8 Å². The second-order valence-corrected chi connectivity index (χ2v) is 13.1. The minimum absolute atomic E-state index is 0.161. The highest BCUT2D eigenvalue weighted by Crippen LogP contribution is 2.42. The summed E-state index contributed by atoms with van der Waals surface area (Å²) in [6.45, 7) is 0. The van der Waals surface area contributed by atoms with E-state index in [0.29, 0.717) is 12.0 Å². The third-order valence-electron chi connectivity index (χ3n) is 8.12. The second-order valence-electron chi connectivity index (χ2n) is 11.3. The molecule has 2 aliphatic rings. The van der Waals surface area contributed by atoms with Crippen LogP contribution in [0.25, 0.3) is 10.6 Å². The Morgan fingerprint density at radius 1 is 0.872 bits per heavy atom. The molecule has 3 aromatic carbocycles. The Bertz CT molecular complexity index is 1860. The smallest absolute Gasteiger partial charge is 0.334 e. The van der Waals surface area contributed by atoms with Crippen LogP contribution in [0.5, 0.6) is 0 Å². The summed E-state index contributed by atoms with van der Waals surface area (Å²) < 4.78 is 6.31. The van der Waals surface area contributed by atoms with Gasteiger partial charge in [-0.1, -0.05) is 91.0 Å². The lowest BCUT2D eigenvalue weighted by Gasteiger charge is -2.52. The predicted molar refractivity (Wildman–Crippen MR) is 182 cm³/mol. The number of carbonyl (C=O) groups is 3. The van der Waals surface area contributed by atoms with E-state index in [1.54, 1.807) is 17.3 Å². The number of amides is 2. The molecule has 10 heteroatoms. The Labute approximate surface area is 280 Å². The van der Waals surface area contributed by atoms with Gasteiger partial charge >= 0.3 is 5.97 Å². The molecule has 0 saturated carbocycles. The number of carbonyl (C=O) groups excluding carboxylic acids is 3. The van der Waals surface area contributed by atoms with Crippen molar-refractivity contribution in [2.24, 2.45) is 0 Å². The number of hydrogen-bond acceptors (Lipinski definition) is 8. The third kappa shape index (κ3) is 6.61. The maximum absolute atomic E-state index is 14.3. The van der Waals surface area contributed by atoms with Crippen molar-refractivity contribution in [1.29, 1.82) is 0 Å². The van der Waals surface area contributed by atoms with Crippen LogP contribution in [0.15, 0.2) is 132 Å². The Morgan fingerprint density at radius 3 is 2.17 bits per heavy atom. The van der Waals surface area contributed by atoms with Crippen molar-refractivity contribution in [3.63, 3.8) is 0 Å². The van der Waals surface area contributed by atoms with E-state index in [-0.39, 0.29) is 18.2 Å². The summed E-state index contributed by atoms with van der Waals surface area (Å²) in [4.78, 5) is 51.5. The highest BCUT2D eigenvalue weighted by atomic mass is 32.2. The molecule has 0 radical (unpaired) electrons. The number of esters is 1. The number of aromatic nitrogens is 2. The highest BCUT2D eigenvalue weighted by molar-refractivity contribution is 8.03. The molecule has 234 valence electrons. The number of nitrogens with zero attached hydrogens (tertiary/aromatic N) is 3. The molecule has 1 fully saturated rings. The number of fused-ring (bicyclic) bond motifs is 1. The van der Waals surface area contributed by atoms with Crippen molar-refractivity contribution in [2.75, 3.05) is 0 Å². The SMILES string of the molecule is O=C(Cc1ccccc1)NC1C(=O)N2C(C(=O)OC(c3ccccc3)c3ccccc3)C(Cc3csc(-c4ccncc4)n3)=CS[C@H]12. The number of pyridine rings is 1. The molecule has 4 heterocycles. The van der Waals surface area contributed by atoms with Crippen molar-refractivity contribution < 1.29 is 19.1 Å². The molecule has 5 aromatic rings. The van der Waals surface area contributed by atoms with Crippen LogP contribution in [-0.4, -0.2) is 50.1 Å². The summed E-state index contributed by atoms with van der Waals surface area (Å²) in [7, 11) is 0. The maximum atomic E-state index is 14.3. The molecule has 3 atom stereocenters. The van der Waals surface area contributed by atoms with Gasteiger partial charge in [-0.3, -0.25) is 14.6 Å². The maximum Gasteiger partial charge on any atom is 0.334 e. The normalized spacial score (nSPS) is 18.6. The van der Waals surface area contributed by atoms with Crippen molar-refractivity contribution in [3.8, 4) is 10.6 Å². The number of hydrogen-bond donors (Lipinski definition) is 1. The molecule has 2 aliphatic heterocycles.